The smallest absolute Gasteiger partial charge is 0.319 e. The summed E-state index contributed by atoms with van der Waals surface area (Å²) in [5, 5.41) is 13.7. The van der Waals surface area contributed by atoms with Crippen molar-refractivity contribution in [1.29, 1.82) is 0 Å². The molecule has 0 bridgehead atoms. The molecule has 2 amide bonds. The Hall–Kier alpha value is -1.34. The Kier molecular flexibility index (Phi) is 6.58. The normalized spacial score (nSPS) is 12.0. The summed E-state index contributed by atoms with van der Waals surface area (Å²) < 4.78 is 26.3. The lowest BCUT2D eigenvalue weighted by Crippen LogP contribution is -2.40. The number of urea groups is 1. The van der Waals surface area contributed by atoms with E-state index in [0.29, 0.717) is 12.2 Å². The minimum Gasteiger partial charge on any atom is -0.396 e. The Balaban J connectivity index is 2.61. The zero-order valence-corrected chi connectivity index (χ0v) is 11.3. The number of thioether (sulfide) groups is 1. The number of hydrogen-bond acceptors (Lipinski definition) is 3. The number of aliphatic hydroxyl groups excluding tert-OH is 1. The van der Waals surface area contributed by atoms with Gasteiger partial charge in [-0.05, 0) is 24.8 Å². The van der Waals surface area contributed by atoms with Crippen LogP contribution in [-0.2, 0) is 0 Å². The van der Waals surface area contributed by atoms with Crippen molar-refractivity contribution in [2.75, 3.05) is 23.9 Å². The van der Waals surface area contributed by atoms with Gasteiger partial charge in [0.05, 0.1) is 5.69 Å². The molecule has 0 saturated carbocycles. The highest BCUT2D eigenvalue weighted by Gasteiger charge is 2.14. The predicted octanol–water partition coefficient (Wildman–Crippen LogP) is 2.20. The van der Waals surface area contributed by atoms with E-state index in [1.165, 1.54) is 23.9 Å². The summed E-state index contributed by atoms with van der Waals surface area (Å²) in [4.78, 5) is 11.6. The van der Waals surface area contributed by atoms with Crippen LogP contribution in [0, 0.1) is 11.6 Å². The summed E-state index contributed by atoms with van der Waals surface area (Å²) in [6.45, 7) is -0.0557. The molecule has 0 radical (unpaired) electrons. The van der Waals surface area contributed by atoms with Crippen molar-refractivity contribution >= 4 is 23.5 Å². The molecule has 1 aromatic rings. The van der Waals surface area contributed by atoms with E-state index in [4.69, 9.17) is 5.11 Å². The fourth-order valence-corrected chi connectivity index (χ4v) is 2.15. The van der Waals surface area contributed by atoms with Gasteiger partial charge in [-0.3, -0.25) is 0 Å². The number of amides is 2. The van der Waals surface area contributed by atoms with E-state index in [2.05, 4.69) is 10.6 Å². The van der Waals surface area contributed by atoms with Crippen molar-refractivity contribution in [1.82, 2.24) is 5.32 Å². The minimum absolute atomic E-state index is 0.0557. The monoisotopic (exact) mass is 290 g/mol. The van der Waals surface area contributed by atoms with Crippen LogP contribution in [0.25, 0.3) is 0 Å². The van der Waals surface area contributed by atoms with Crippen molar-refractivity contribution in [3.8, 4) is 0 Å². The molecular weight excluding hydrogens is 274 g/mol. The van der Waals surface area contributed by atoms with Crippen molar-refractivity contribution in [3.05, 3.63) is 29.8 Å². The second kappa shape index (κ2) is 7.96. The first-order valence-corrected chi connectivity index (χ1v) is 7.09. The van der Waals surface area contributed by atoms with Gasteiger partial charge in [0.15, 0.2) is 11.6 Å². The fourth-order valence-electron chi connectivity index (χ4n) is 1.50. The third-order valence-electron chi connectivity index (χ3n) is 2.38. The van der Waals surface area contributed by atoms with Crippen LogP contribution in [-0.4, -0.2) is 35.8 Å². The summed E-state index contributed by atoms with van der Waals surface area (Å²) in [6.07, 6.45) is 2.27. The number of hydrogen-bond donors (Lipinski definition) is 3. The molecule has 0 aliphatic heterocycles. The van der Waals surface area contributed by atoms with E-state index in [1.807, 2.05) is 6.26 Å². The van der Waals surface area contributed by atoms with Crippen molar-refractivity contribution in [3.63, 3.8) is 0 Å². The number of anilines is 1. The highest BCUT2D eigenvalue weighted by Crippen LogP contribution is 2.16. The van der Waals surface area contributed by atoms with Gasteiger partial charge in [0, 0.05) is 18.4 Å². The number of rotatable bonds is 6. The third-order valence-corrected chi connectivity index (χ3v) is 3.12. The lowest BCUT2D eigenvalue weighted by Gasteiger charge is -2.17. The Morgan fingerprint density at radius 1 is 1.47 bits per heavy atom. The van der Waals surface area contributed by atoms with Crippen LogP contribution in [0.5, 0.6) is 0 Å². The molecular formula is C12H16F2N2O2S. The summed E-state index contributed by atoms with van der Waals surface area (Å²) >= 11 is 1.52. The highest BCUT2D eigenvalue weighted by atomic mass is 32.2. The topological polar surface area (TPSA) is 61.4 Å². The molecule has 1 atom stereocenters. The molecule has 0 aliphatic carbocycles. The molecule has 0 heterocycles. The average molecular weight is 290 g/mol. The quantitative estimate of drug-likeness (QED) is 0.752. The predicted molar refractivity (Wildman–Crippen MR) is 72.4 cm³/mol. The number of carbonyl (C=O) groups is 1. The van der Waals surface area contributed by atoms with Crippen molar-refractivity contribution in [2.24, 2.45) is 0 Å². The van der Waals surface area contributed by atoms with Gasteiger partial charge in [-0.25, -0.2) is 13.6 Å². The first kappa shape index (κ1) is 15.7. The van der Waals surface area contributed by atoms with E-state index >= 15 is 0 Å². The van der Waals surface area contributed by atoms with Gasteiger partial charge in [0.2, 0.25) is 0 Å². The van der Waals surface area contributed by atoms with Gasteiger partial charge in [0.1, 0.15) is 0 Å². The first-order valence-electron chi connectivity index (χ1n) is 5.69. The van der Waals surface area contributed by atoms with E-state index < -0.39 is 17.7 Å². The third kappa shape index (κ3) is 5.04. The lowest BCUT2D eigenvalue weighted by atomic mass is 10.2. The molecule has 0 aromatic heterocycles. The molecule has 0 spiro atoms. The first-order chi connectivity index (χ1) is 9.08. The Bertz CT molecular complexity index is 426. The summed E-state index contributed by atoms with van der Waals surface area (Å²) in [7, 11) is 0. The van der Waals surface area contributed by atoms with Gasteiger partial charge in [-0.1, -0.05) is 6.07 Å². The number of halogens is 2. The zero-order valence-electron chi connectivity index (χ0n) is 10.5. The molecule has 0 saturated heterocycles. The van der Waals surface area contributed by atoms with E-state index in [-0.39, 0.29) is 18.3 Å². The van der Waals surface area contributed by atoms with Crippen LogP contribution in [0.4, 0.5) is 19.3 Å². The molecule has 0 unspecified atom stereocenters. The number of nitrogens with one attached hydrogen (secondary N) is 2. The largest absolute Gasteiger partial charge is 0.396 e. The van der Waals surface area contributed by atoms with Gasteiger partial charge >= 0.3 is 6.03 Å². The molecule has 106 valence electrons. The fraction of sp³-hybridized carbons (Fsp3) is 0.417. The average Bonchev–Trinajstić information content (AvgIpc) is 2.35. The number of carbonyl (C=O) groups excluding carboxylic acids is 1. The van der Waals surface area contributed by atoms with Crippen LogP contribution in [0.15, 0.2) is 18.2 Å². The standard InChI is InChI=1S/C12H16F2N2O2S/c1-19-7-8(5-6-17)15-12(18)16-10-4-2-3-9(13)11(10)14/h2-4,8,17H,5-7H2,1H3,(H2,15,16,18)/t8-/m1/s1. The molecule has 3 N–H and O–H groups in total. The van der Waals surface area contributed by atoms with Gasteiger partial charge in [0.25, 0.3) is 0 Å². The van der Waals surface area contributed by atoms with Crippen molar-refractivity contribution < 1.29 is 18.7 Å². The Morgan fingerprint density at radius 2 is 2.21 bits per heavy atom. The van der Waals surface area contributed by atoms with Gasteiger partial charge < -0.3 is 15.7 Å². The summed E-state index contributed by atoms with van der Waals surface area (Å²) in [5.74, 6) is -1.49. The SMILES string of the molecule is CSC[C@@H](CCO)NC(=O)Nc1cccc(F)c1F. The maximum absolute atomic E-state index is 13.3. The molecule has 4 nitrogen and oxygen atoms in total. The highest BCUT2D eigenvalue weighted by molar-refractivity contribution is 7.98. The minimum atomic E-state index is -1.10. The molecule has 0 aliphatic rings. The zero-order chi connectivity index (χ0) is 14.3. The maximum Gasteiger partial charge on any atom is 0.319 e. The van der Waals surface area contributed by atoms with E-state index in [9.17, 15) is 13.6 Å². The second-order valence-electron chi connectivity index (χ2n) is 3.86. The van der Waals surface area contributed by atoms with E-state index in [1.54, 1.807) is 0 Å². The van der Waals surface area contributed by atoms with Crippen LogP contribution < -0.4 is 10.6 Å². The van der Waals surface area contributed by atoms with Crippen LogP contribution in [0.2, 0.25) is 0 Å². The van der Waals surface area contributed by atoms with Crippen LogP contribution >= 0.6 is 11.8 Å². The van der Waals surface area contributed by atoms with Crippen LogP contribution in [0.1, 0.15) is 6.42 Å². The lowest BCUT2D eigenvalue weighted by molar-refractivity contribution is 0.241. The van der Waals surface area contributed by atoms with Gasteiger partial charge in [-0.15, -0.1) is 0 Å². The van der Waals surface area contributed by atoms with Gasteiger partial charge in [-0.2, -0.15) is 11.8 Å². The van der Waals surface area contributed by atoms with E-state index in [0.717, 1.165) is 6.07 Å². The molecule has 1 rings (SSSR count). The molecule has 0 fully saturated rings. The Morgan fingerprint density at radius 3 is 2.84 bits per heavy atom. The molecule has 1 aromatic carbocycles. The molecule has 7 heteroatoms. The van der Waals surface area contributed by atoms with Crippen LogP contribution in [0.3, 0.4) is 0 Å². The molecule has 19 heavy (non-hydrogen) atoms. The van der Waals surface area contributed by atoms with Crippen molar-refractivity contribution in [2.45, 2.75) is 12.5 Å². The maximum atomic E-state index is 13.3. The Labute approximate surface area is 114 Å². The summed E-state index contributed by atoms with van der Waals surface area (Å²) in [5.41, 5.74) is -0.218. The second-order valence-corrected chi connectivity index (χ2v) is 4.78. The summed E-state index contributed by atoms with van der Waals surface area (Å²) in [6, 6.07) is 2.70. The number of aliphatic hydroxyl groups is 1. The number of benzene rings is 1.